The van der Waals surface area contributed by atoms with Crippen molar-refractivity contribution in [1.82, 2.24) is 0 Å². The van der Waals surface area contributed by atoms with Gasteiger partial charge in [0.15, 0.2) is 6.61 Å². The van der Waals surface area contributed by atoms with E-state index in [9.17, 15) is 19.8 Å². The van der Waals surface area contributed by atoms with Crippen LogP contribution in [0, 0.1) is 5.41 Å². The van der Waals surface area contributed by atoms with Crippen LogP contribution in [0.15, 0.2) is 72.8 Å². The number of phenolic OH excluding ortho intramolecular Hbond substituents is 2. The topological polar surface area (TPSA) is 102 Å². The van der Waals surface area contributed by atoms with Crippen molar-refractivity contribution in [1.29, 1.82) is 0 Å². The predicted octanol–water partition coefficient (Wildman–Crippen LogP) is 5.29. The van der Waals surface area contributed by atoms with Gasteiger partial charge in [0, 0.05) is 17.7 Å². The lowest BCUT2D eigenvalue weighted by Crippen LogP contribution is -2.29. The van der Waals surface area contributed by atoms with Crippen LogP contribution in [-0.4, -0.2) is 35.2 Å². The SMILES string of the molecule is CC(C)(CCCOc1cccc(OCc2ccccc2)c1)C(=O)OCC(=O)c1cc(O)cc(O)c1. The number of esters is 1. The van der Waals surface area contributed by atoms with E-state index < -0.39 is 23.8 Å². The number of rotatable bonds is 12. The molecule has 0 amide bonds. The van der Waals surface area contributed by atoms with Crippen molar-refractivity contribution in [3.8, 4) is 23.0 Å². The number of benzene rings is 3. The monoisotopic (exact) mass is 478 g/mol. The standard InChI is InChI=1S/C28H30O7/c1-28(2,27(32)35-19-26(31)21-14-22(29)16-23(30)15-21)12-7-13-33-24-10-6-11-25(17-24)34-18-20-8-4-3-5-9-20/h3-6,8-11,14-17,29-30H,7,12-13,18-19H2,1-2H3. The fraction of sp³-hybridized carbons (Fsp3) is 0.286. The number of carbonyl (C=O) groups is 2. The molecule has 0 atom stereocenters. The maximum Gasteiger partial charge on any atom is 0.311 e. The summed E-state index contributed by atoms with van der Waals surface area (Å²) in [5, 5.41) is 19.0. The van der Waals surface area contributed by atoms with Crippen LogP contribution >= 0.6 is 0 Å². The Morgan fingerprint density at radius 3 is 2.17 bits per heavy atom. The molecule has 7 nitrogen and oxygen atoms in total. The molecule has 3 aromatic carbocycles. The summed E-state index contributed by atoms with van der Waals surface area (Å²) in [7, 11) is 0. The Bertz CT molecular complexity index is 1120. The third-order valence-electron chi connectivity index (χ3n) is 5.38. The molecule has 3 rings (SSSR count). The molecule has 0 bridgehead atoms. The quantitative estimate of drug-likeness (QED) is 0.207. The molecule has 0 spiro atoms. The molecule has 0 aliphatic rings. The van der Waals surface area contributed by atoms with E-state index in [1.54, 1.807) is 13.8 Å². The molecule has 184 valence electrons. The fourth-order valence-corrected chi connectivity index (χ4v) is 3.37. The van der Waals surface area contributed by atoms with Gasteiger partial charge in [-0.1, -0.05) is 36.4 Å². The molecule has 35 heavy (non-hydrogen) atoms. The molecule has 0 saturated heterocycles. The summed E-state index contributed by atoms with van der Waals surface area (Å²) in [6.45, 7) is 3.89. The zero-order valence-corrected chi connectivity index (χ0v) is 19.9. The number of ketones is 1. The fourth-order valence-electron chi connectivity index (χ4n) is 3.37. The minimum absolute atomic E-state index is 0.0662. The van der Waals surface area contributed by atoms with Gasteiger partial charge in [-0.05, 0) is 56.5 Å². The van der Waals surface area contributed by atoms with Gasteiger partial charge in [-0.3, -0.25) is 9.59 Å². The first-order valence-corrected chi connectivity index (χ1v) is 11.4. The first kappa shape index (κ1) is 25.6. The number of ether oxygens (including phenoxy) is 3. The molecule has 0 unspecified atom stereocenters. The molecule has 2 N–H and O–H groups in total. The molecular weight excluding hydrogens is 448 g/mol. The number of hydrogen-bond donors (Lipinski definition) is 2. The van der Waals surface area contributed by atoms with Crippen LogP contribution in [0.4, 0.5) is 0 Å². The average molecular weight is 479 g/mol. The van der Waals surface area contributed by atoms with E-state index in [-0.39, 0.29) is 17.1 Å². The highest BCUT2D eigenvalue weighted by Gasteiger charge is 2.29. The van der Waals surface area contributed by atoms with Crippen molar-refractivity contribution in [3.05, 3.63) is 83.9 Å². The first-order chi connectivity index (χ1) is 16.7. The van der Waals surface area contributed by atoms with Crippen LogP contribution in [0.3, 0.4) is 0 Å². The van der Waals surface area contributed by atoms with E-state index in [2.05, 4.69) is 0 Å². The first-order valence-electron chi connectivity index (χ1n) is 11.4. The summed E-state index contributed by atoms with van der Waals surface area (Å²) >= 11 is 0. The summed E-state index contributed by atoms with van der Waals surface area (Å²) in [5.74, 6) is -0.123. The van der Waals surface area contributed by atoms with Gasteiger partial charge in [-0.15, -0.1) is 0 Å². The smallest absolute Gasteiger partial charge is 0.311 e. The van der Waals surface area contributed by atoms with Crippen LogP contribution < -0.4 is 9.47 Å². The number of hydrogen-bond acceptors (Lipinski definition) is 7. The number of carbonyl (C=O) groups excluding carboxylic acids is 2. The lowest BCUT2D eigenvalue weighted by atomic mass is 9.88. The Balaban J connectivity index is 1.41. The van der Waals surface area contributed by atoms with Crippen LogP contribution in [0.25, 0.3) is 0 Å². The van der Waals surface area contributed by atoms with Gasteiger partial charge in [-0.25, -0.2) is 0 Å². The lowest BCUT2D eigenvalue weighted by molar-refractivity contribution is -0.153. The molecule has 3 aromatic rings. The predicted molar refractivity (Wildman–Crippen MR) is 131 cm³/mol. The second kappa shape index (κ2) is 11.9. The minimum atomic E-state index is -0.814. The lowest BCUT2D eigenvalue weighted by Gasteiger charge is -2.22. The van der Waals surface area contributed by atoms with Gasteiger partial charge in [0.25, 0.3) is 0 Å². The zero-order chi connectivity index (χ0) is 25.3. The average Bonchev–Trinajstić information content (AvgIpc) is 2.84. The van der Waals surface area contributed by atoms with Gasteiger partial charge in [0.1, 0.15) is 29.6 Å². The van der Waals surface area contributed by atoms with Gasteiger partial charge >= 0.3 is 5.97 Å². The molecule has 0 fully saturated rings. The maximum absolute atomic E-state index is 12.5. The van der Waals surface area contributed by atoms with Gasteiger partial charge < -0.3 is 24.4 Å². The molecule has 0 radical (unpaired) electrons. The van der Waals surface area contributed by atoms with E-state index in [1.807, 2.05) is 54.6 Å². The van der Waals surface area contributed by atoms with Crippen molar-refractivity contribution >= 4 is 11.8 Å². The second-order valence-corrected chi connectivity index (χ2v) is 8.82. The Morgan fingerprint density at radius 1 is 0.829 bits per heavy atom. The summed E-state index contributed by atoms with van der Waals surface area (Å²) in [5.41, 5.74) is 0.330. The van der Waals surface area contributed by atoms with Crippen molar-refractivity contribution < 1.29 is 34.0 Å². The molecule has 7 heteroatoms. The molecule has 0 heterocycles. The van der Waals surface area contributed by atoms with Gasteiger partial charge in [0.2, 0.25) is 5.78 Å². The number of Topliss-reactive ketones (excluding diaryl/α,β-unsaturated/α-hetero) is 1. The Hall–Kier alpha value is -4.00. The largest absolute Gasteiger partial charge is 0.508 e. The number of phenols is 2. The normalized spacial score (nSPS) is 11.0. The minimum Gasteiger partial charge on any atom is -0.508 e. The van der Waals surface area contributed by atoms with Crippen LogP contribution in [0.5, 0.6) is 23.0 Å². The Morgan fingerprint density at radius 2 is 1.49 bits per heavy atom. The van der Waals surface area contributed by atoms with Crippen molar-refractivity contribution in [2.75, 3.05) is 13.2 Å². The Kier molecular flexibility index (Phi) is 8.73. The number of aromatic hydroxyl groups is 2. The highest BCUT2D eigenvalue weighted by molar-refractivity contribution is 5.98. The summed E-state index contributed by atoms with van der Waals surface area (Å²) in [6.07, 6.45) is 1.10. The van der Waals surface area contributed by atoms with Crippen LogP contribution in [0.1, 0.15) is 42.6 Å². The van der Waals surface area contributed by atoms with Crippen molar-refractivity contribution in [2.24, 2.45) is 5.41 Å². The van der Waals surface area contributed by atoms with Crippen molar-refractivity contribution in [3.63, 3.8) is 0 Å². The third kappa shape index (κ3) is 8.07. The van der Waals surface area contributed by atoms with Crippen LogP contribution in [0.2, 0.25) is 0 Å². The molecule has 0 aliphatic heterocycles. The van der Waals surface area contributed by atoms with Gasteiger partial charge in [-0.2, -0.15) is 0 Å². The maximum atomic E-state index is 12.5. The van der Waals surface area contributed by atoms with Crippen molar-refractivity contribution in [2.45, 2.75) is 33.3 Å². The van der Waals surface area contributed by atoms with E-state index >= 15 is 0 Å². The Labute approximate surface area is 204 Å². The van der Waals surface area contributed by atoms with E-state index in [0.717, 1.165) is 11.6 Å². The highest BCUT2D eigenvalue weighted by atomic mass is 16.5. The highest BCUT2D eigenvalue weighted by Crippen LogP contribution is 2.26. The molecule has 0 aliphatic carbocycles. The zero-order valence-electron chi connectivity index (χ0n) is 19.9. The molecule has 0 aromatic heterocycles. The van der Waals surface area contributed by atoms with Crippen LogP contribution in [-0.2, 0) is 16.1 Å². The summed E-state index contributed by atoms with van der Waals surface area (Å²) in [4.78, 5) is 24.7. The summed E-state index contributed by atoms with van der Waals surface area (Å²) < 4.78 is 16.8. The molecular formula is C28H30O7. The summed E-state index contributed by atoms with van der Waals surface area (Å²) in [6, 6.07) is 20.8. The third-order valence-corrected chi connectivity index (χ3v) is 5.38. The second-order valence-electron chi connectivity index (χ2n) is 8.82. The molecule has 0 saturated carbocycles. The van der Waals surface area contributed by atoms with Gasteiger partial charge in [0.05, 0.1) is 12.0 Å². The van der Waals surface area contributed by atoms with E-state index in [0.29, 0.717) is 37.6 Å². The van der Waals surface area contributed by atoms with E-state index in [1.165, 1.54) is 12.1 Å². The van der Waals surface area contributed by atoms with E-state index in [4.69, 9.17) is 14.2 Å².